The SMILES string of the molecule is CCOC(=O)C1=C(C)N=C(C)C(C(=O)OCC)C1c1ccccc1C=CC(=O)O. The molecule has 0 fully saturated rings. The highest BCUT2D eigenvalue weighted by atomic mass is 16.5. The standard InChI is InChI=1S/C22H25NO6/c1-5-28-21(26)18-13(3)23-14(4)19(22(27)29-6-2)20(18)16-10-8-7-9-15(16)11-12-17(24)25/h7-12,18,20H,5-6H2,1-4H3,(H,24,25). The van der Waals surface area contributed by atoms with E-state index in [1.54, 1.807) is 52.0 Å². The molecule has 7 heteroatoms. The second-order valence-electron chi connectivity index (χ2n) is 6.48. The number of allylic oxidation sites excluding steroid dienone is 1. The largest absolute Gasteiger partial charge is 0.478 e. The van der Waals surface area contributed by atoms with E-state index in [1.807, 2.05) is 0 Å². The minimum Gasteiger partial charge on any atom is -0.478 e. The molecule has 7 nitrogen and oxygen atoms in total. The van der Waals surface area contributed by atoms with E-state index >= 15 is 0 Å². The maximum Gasteiger partial charge on any atom is 0.336 e. The van der Waals surface area contributed by atoms with Gasteiger partial charge in [0.15, 0.2) is 0 Å². The maximum atomic E-state index is 12.8. The summed E-state index contributed by atoms with van der Waals surface area (Å²) in [7, 11) is 0. The molecule has 1 heterocycles. The molecule has 1 aromatic rings. The molecule has 1 aliphatic rings. The third-order valence-corrected chi connectivity index (χ3v) is 4.60. The topological polar surface area (TPSA) is 102 Å². The Morgan fingerprint density at radius 2 is 1.76 bits per heavy atom. The van der Waals surface area contributed by atoms with E-state index in [9.17, 15) is 14.4 Å². The Kier molecular flexibility index (Phi) is 7.47. The quantitative estimate of drug-likeness (QED) is 0.557. The van der Waals surface area contributed by atoms with E-state index in [2.05, 4.69) is 4.99 Å². The summed E-state index contributed by atoms with van der Waals surface area (Å²) in [5.74, 6) is -3.68. The molecule has 1 aromatic carbocycles. The molecule has 0 aliphatic carbocycles. The van der Waals surface area contributed by atoms with Gasteiger partial charge in [0.25, 0.3) is 0 Å². The molecule has 0 saturated heterocycles. The molecule has 0 saturated carbocycles. The summed E-state index contributed by atoms with van der Waals surface area (Å²) < 4.78 is 10.5. The first kappa shape index (κ1) is 22.1. The summed E-state index contributed by atoms with van der Waals surface area (Å²) in [4.78, 5) is 41.0. The molecule has 154 valence electrons. The van der Waals surface area contributed by atoms with Crippen molar-refractivity contribution in [3.63, 3.8) is 0 Å². The van der Waals surface area contributed by atoms with Crippen LogP contribution in [-0.4, -0.2) is 41.9 Å². The molecule has 2 rings (SSSR count). The van der Waals surface area contributed by atoms with Crippen LogP contribution in [0.4, 0.5) is 0 Å². The third-order valence-electron chi connectivity index (χ3n) is 4.60. The first-order chi connectivity index (χ1) is 13.8. The number of aliphatic imine (C=N–C) groups is 1. The average molecular weight is 399 g/mol. The van der Waals surface area contributed by atoms with E-state index in [0.29, 0.717) is 22.5 Å². The fraction of sp³-hybridized carbons (Fsp3) is 0.364. The number of carboxylic acid groups (broad SMARTS) is 1. The van der Waals surface area contributed by atoms with Gasteiger partial charge in [0.1, 0.15) is 5.92 Å². The van der Waals surface area contributed by atoms with Crippen LogP contribution in [0.25, 0.3) is 6.08 Å². The Bertz CT molecular complexity index is 896. The molecule has 0 aromatic heterocycles. The number of nitrogens with zero attached hydrogens (tertiary/aromatic N) is 1. The summed E-state index contributed by atoms with van der Waals surface area (Å²) in [6, 6.07) is 7.03. The van der Waals surface area contributed by atoms with Crippen molar-refractivity contribution in [2.45, 2.75) is 33.6 Å². The van der Waals surface area contributed by atoms with Crippen molar-refractivity contribution in [3.8, 4) is 0 Å². The van der Waals surface area contributed by atoms with Crippen LogP contribution < -0.4 is 0 Å². The third kappa shape index (κ3) is 4.99. The highest BCUT2D eigenvalue weighted by Gasteiger charge is 2.42. The van der Waals surface area contributed by atoms with Gasteiger partial charge < -0.3 is 14.6 Å². The monoisotopic (exact) mass is 399 g/mol. The summed E-state index contributed by atoms with van der Waals surface area (Å²) in [5, 5.41) is 9.02. The number of hydrogen-bond donors (Lipinski definition) is 1. The van der Waals surface area contributed by atoms with Gasteiger partial charge in [0, 0.05) is 23.4 Å². The predicted molar refractivity (Wildman–Crippen MR) is 108 cm³/mol. The zero-order chi connectivity index (χ0) is 21.6. The van der Waals surface area contributed by atoms with Gasteiger partial charge in [-0.1, -0.05) is 24.3 Å². The molecule has 0 radical (unpaired) electrons. The van der Waals surface area contributed by atoms with E-state index in [1.165, 1.54) is 6.08 Å². The van der Waals surface area contributed by atoms with Gasteiger partial charge >= 0.3 is 17.9 Å². The number of benzene rings is 1. The lowest BCUT2D eigenvalue weighted by Crippen LogP contribution is -2.36. The zero-order valence-electron chi connectivity index (χ0n) is 17.0. The first-order valence-electron chi connectivity index (χ1n) is 9.41. The van der Waals surface area contributed by atoms with Crippen molar-refractivity contribution in [2.75, 3.05) is 13.2 Å². The number of rotatable bonds is 7. The van der Waals surface area contributed by atoms with Gasteiger partial charge in [-0.15, -0.1) is 0 Å². The minimum absolute atomic E-state index is 0.176. The lowest BCUT2D eigenvalue weighted by Gasteiger charge is -2.32. The van der Waals surface area contributed by atoms with Gasteiger partial charge in [-0.05, 0) is 44.9 Å². The fourth-order valence-corrected chi connectivity index (χ4v) is 3.49. The van der Waals surface area contributed by atoms with Crippen LogP contribution in [0.2, 0.25) is 0 Å². The number of ether oxygens (including phenoxy) is 2. The molecule has 0 bridgehead atoms. The molecule has 2 atom stereocenters. The highest BCUT2D eigenvalue weighted by Crippen LogP contribution is 2.41. The van der Waals surface area contributed by atoms with Crippen molar-refractivity contribution in [1.82, 2.24) is 0 Å². The number of aliphatic carboxylic acids is 1. The number of hydrogen-bond acceptors (Lipinski definition) is 6. The van der Waals surface area contributed by atoms with Crippen LogP contribution in [0, 0.1) is 5.92 Å². The van der Waals surface area contributed by atoms with Gasteiger partial charge in [0.05, 0.1) is 18.8 Å². The van der Waals surface area contributed by atoms with Gasteiger partial charge in [-0.25, -0.2) is 9.59 Å². The fourth-order valence-electron chi connectivity index (χ4n) is 3.49. The molecule has 1 aliphatic heterocycles. The Morgan fingerprint density at radius 3 is 2.38 bits per heavy atom. The van der Waals surface area contributed by atoms with Crippen molar-refractivity contribution in [2.24, 2.45) is 10.9 Å². The predicted octanol–water partition coefficient (Wildman–Crippen LogP) is 3.36. The highest BCUT2D eigenvalue weighted by molar-refractivity contribution is 6.07. The summed E-state index contributed by atoms with van der Waals surface area (Å²) in [6.07, 6.45) is 2.46. The first-order valence-corrected chi connectivity index (χ1v) is 9.41. The van der Waals surface area contributed by atoms with Crippen LogP contribution in [0.15, 0.2) is 46.6 Å². The Balaban J connectivity index is 2.72. The number of carboxylic acids is 1. The van der Waals surface area contributed by atoms with E-state index < -0.39 is 29.7 Å². The molecule has 2 unspecified atom stereocenters. The van der Waals surface area contributed by atoms with E-state index in [-0.39, 0.29) is 18.8 Å². The Labute approximate surface area is 169 Å². The van der Waals surface area contributed by atoms with Crippen molar-refractivity contribution in [3.05, 3.63) is 52.7 Å². The molecular formula is C22H25NO6. The molecular weight excluding hydrogens is 374 g/mol. The second kappa shape index (κ2) is 9.82. The molecule has 1 N–H and O–H groups in total. The second-order valence-corrected chi connectivity index (χ2v) is 6.48. The average Bonchev–Trinajstić information content (AvgIpc) is 2.66. The molecule has 0 spiro atoms. The Hall–Kier alpha value is -3.22. The minimum atomic E-state index is -1.10. The van der Waals surface area contributed by atoms with Crippen LogP contribution in [-0.2, 0) is 23.9 Å². The Morgan fingerprint density at radius 1 is 1.10 bits per heavy atom. The van der Waals surface area contributed by atoms with E-state index in [0.717, 1.165) is 6.08 Å². The van der Waals surface area contributed by atoms with E-state index in [4.69, 9.17) is 14.6 Å². The zero-order valence-corrected chi connectivity index (χ0v) is 17.0. The number of esters is 2. The smallest absolute Gasteiger partial charge is 0.336 e. The van der Waals surface area contributed by atoms with Crippen LogP contribution >= 0.6 is 0 Å². The van der Waals surface area contributed by atoms with Crippen LogP contribution in [0.5, 0.6) is 0 Å². The van der Waals surface area contributed by atoms with Crippen molar-refractivity contribution in [1.29, 1.82) is 0 Å². The van der Waals surface area contributed by atoms with Gasteiger partial charge in [-0.2, -0.15) is 0 Å². The van der Waals surface area contributed by atoms with Gasteiger partial charge in [0.2, 0.25) is 0 Å². The summed E-state index contributed by atoms with van der Waals surface area (Å²) in [5.41, 5.74) is 2.46. The summed E-state index contributed by atoms with van der Waals surface area (Å²) >= 11 is 0. The normalized spacial score (nSPS) is 19.1. The number of carbonyl (C=O) groups is 3. The maximum absolute atomic E-state index is 12.8. The number of carbonyl (C=O) groups excluding carboxylic acids is 2. The molecule has 0 amide bonds. The lowest BCUT2D eigenvalue weighted by molar-refractivity contribution is -0.146. The van der Waals surface area contributed by atoms with Gasteiger partial charge in [-0.3, -0.25) is 9.79 Å². The lowest BCUT2D eigenvalue weighted by atomic mass is 9.74. The summed E-state index contributed by atoms with van der Waals surface area (Å²) in [6.45, 7) is 7.18. The van der Waals surface area contributed by atoms with Crippen LogP contribution in [0.3, 0.4) is 0 Å². The van der Waals surface area contributed by atoms with Crippen LogP contribution in [0.1, 0.15) is 44.7 Å². The van der Waals surface area contributed by atoms with Crippen molar-refractivity contribution < 1.29 is 29.0 Å². The molecule has 29 heavy (non-hydrogen) atoms. The van der Waals surface area contributed by atoms with Crippen molar-refractivity contribution >= 4 is 29.7 Å².